The van der Waals surface area contributed by atoms with Crippen molar-refractivity contribution in [3.05, 3.63) is 24.1 Å². The smallest absolute Gasteiger partial charge is 0.378 e. The number of rotatable bonds is 5. The van der Waals surface area contributed by atoms with Gasteiger partial charge in [-0.3, -0.25) is 9.69 Å². The van der Waals surface area contributed by atoms with Crippen LogP contribution in [0.15, 0.2) is 27.6 Å². The first-order valence-electron chi connectivity index (χ1n) is 11.8. The molecule has 198 valence electrons. The number of piperidine rings is 1. The van der Waals surface area contributed by atoms with E-state index < -0.39 is 23.8 Å². The van der Waals surface area contributed by atoms with E-state index in [1.54, 1.807) is 18.2 Å². The van der Waals surface area contributed by atoms with Crippen LogP contribution < -0.4 is 10.6 Å². The summed E-state index contributed by atoms with van der Waals surface area (Å²) in [5, 5.41) is 10.3. The van der Waals surface area contributed by atoms with E-state index in [0.717, 1.165) is 24.2 Å². The molecular weight excluding hydrogens is 534 g/mol. The lowest BCUT2D eigenvalue weighted by molar-refractivity contribution is -0.131. The maximum absolute atomic E-state index is 15.3. The molecule has 3 saturated heterocycles. The van der Waals surface area contributed by atoms with Crippen LogP contribution in [0.1, 0.15) is 31.2 Å². The molecule has 6 rings (SSSR count). The Kier molecular flexibility index (Phi) is 6.32. The van der Waals surface area contributed by atoms with E-state index in [2.05, 4.69) is 25.7 Å². The number of benzene rings is 1. The summed E-state index contributed by atoms with van der Waals surface area (Å²) in [6.07, 6.45) is 1.27. The molecule has 5 heterocycles. The van der Waals surface area contributed by atoms with E-state index in [1.165, 1.54) is 0 Å². The van der Waals surface area contributed by atoms with Crippen molar-refractivity contribution in [2.75, 3.05) is 25.6 Å². The SMILES string of the molecule is CN1[C@@H]2CC[C@H]1[C@H](F)[C@H](Nc1cccc3c(SC(F)(F)F)c(-c4noc([C@H]5COCC(=O)N5)n4)sc13)C2. The number of hydrogen-bond acceptors (Lipinski definition) is 9. The summed E-state index contributed by atoms with van der Waals surface area (Å²) >= 11 is 0.848. The number of carbonyl (C=O) groups excluding carboxylic acids is 1. The maximum Gasteiger partial charge on any atom is 0.446 e. The van der Waals surface area contributed by atoms with E-state index in [1.807, 2.05) is 7.05 Å². The number of alkyl halides is 4. The number of amides is 1. The second-order valence-corrected chi connectivity index (χ2v) is 11.6. The molecule has 0 saturated carbocycles. The molecule has 3 fully saturated rings. The summed E-state index contributed by atoms with van der Waals surface area (Å²) in [5.74, 6) is -0.325. The van der Waals surface area contributed by atoms with Crippen LogP contribution in [-0.4, -0.2) is 71.0 Å². The third-order valence-electron chi connectivity index (χ3n) is 7.20. The highest BCUT2D eigenvalue weighted by Crippen LogP contribution is 2.51. The number of ether oxygens (including phenoxy) is 1. The Hall–Kier alpha value is -2.42. The summed E-state index contributed by atoms with van der Waals surface area (Å²) in [4.78, 5) is 18.2. The number of hydrogen-bond donors (Lipinski definition) is 2. The standard InChI is InChI=1S/C23H23F4N5O3S2/c1-32-10-5-6-15(32)17(24)13(7-10)28-12-4-2-3-11-18(12)36-20(19(11)37-23(25,26)27)21-30-22(35-31-21)14-8-34-9-16(33)29-14/h2-4,10,13-15,17,28H,5-9H2,1H3,(H,29,33)/t10-,13-,14-,15+,17-/m1/s1. The van der Waals surface area contributed by atoms with Gasteiger partial charge >= 0.3 is 5.51 Å². The molecule has 5 atom stereocenters. The Morgan fingerprint density at radius 2 is 2.14 bits per heavy atom. The van der Waals surface area contributed by atoms with E-state index in [9.17, 15) is 18.0 Å². The number of carbonyl (C=O) groups is 1. The highest BCUT2D eigenvalue weighted by Gasteiger charge is 2.46. The highest BCUT2D eigenvalue weighted by atomic mass is 32.2. The fourth-order valence-electron chi connectivity index (χ4n) is 5.46. The van der Waals surface area contributed by atoms with Crippen molar-refractivity contribution >= 4 is 44.8 Å². The lowest BCUT2D eigenvalue weighted by Gasteiger charge is -2.39. The molecule has 0 unspecified atom stereocenters. The minimum absolute atomic E-state index is 0.0190. The van der Waals surface area contributed by atoms with Crippen molar-refractivity contribution in [1.82, 2.24) is 20.4 Å². The fourth-order valence-corrected chi connectivity index (χ4v) is 7.57. The van der Waals surface area contributed by atoms with Crippen LogP contribution >= 0.6 is 23.1 Å². The number of thioether (sulfide) groups is 1. The van der Waals surface area contributed by atoms with Crippen LogP contribution in [0.25, 0.3) is 20.8 Å². The van der Waals surface area contributed by atoms with Crippen molar-refractivity contribution in [3.63, 3.8) is 0 Å². The summed E-state index contributed by atoms with van der Waals surface area (Å²) in [6, 6.07) is 4.03. The van der Waals surface area contributed by atoms with E-state index in [-0.39, 0.29) is 64.5 Å². The number of anilines is 1. The molecule has 8 nitrogen and oxygen atoms in total. The summed E-state index contributed by atoms with van der Waals surface area (Å²) < 4.78 is 67.2. The fraction of sp³-hybridized carbons (Fsp3) is 0.522. The molecule has 1 aromatic carbocycles. The second-order valence-electron chi connectivity index (χ2n) is 9.48. The first-order valence-corrected chi connectivity index (χ1v) is 13.5. The van der Waals surface area contributed by atoms with Crippen LogP contribution in [0.4, 0.5) is 23.2 Å². The van der Waals surface area contributed by atoms with Crippen LogP contribution in [0, 0.1) is 0 Å². The van der Waals surface area contributed by atoms with Crippen molar-refractivity contribution in [2.24, 2.45) is 0 Å². The number of halogens is 4. The number of nitrogens with zero attached hydrogens (tertiary/aromatic N) is 3. The molecule has 37 heavy (non-hydrogen) atoms. The normalized spacial score (nSPS) is 28.6. The van der Waals surface area contributed by atoms with Gasteiger partial charge in [0.15, 0.2) is 0 Å². The van der Waals surface area contributed by atoms with Crippen LogP contribution in [-0.2, 0) is 9.53 Å². The quantitative estimate of drug-likeness (QED) is 0.344. The first-order chi connectivity index (χ1) is 17.7. The third kappa shape index (κ3) is 4.68. The van der Waals surface area contributed by atoms with E-state index in [4.69, 9.17) is 9.26 Å². The van der Waals surface area contributed by atoms with Gasteiger partial charge < -0.3 is 19.9 Å². The summed E-state index contributed by atoms with van der Waals surface area (Å²) in [7, 11) is 1.95. The Labute approximate surface area is 217 Å². The molecular formula is C23H23F4N5O3S2. The lowest BCUT2D eigenvalue weighted by atomic mass is 9.95. The molecule has 0 spiro atoms. The average Bonchev–Trinajstić information content (AvgIpc) is 3.53. The van der Waals surface area contributed by atoms with Gasteiger partial charge in [-0.15, -0.1) is 11.3 Å². The van der Waals surface area contributed by atoms with Gasteiger partial charge in [0.25, 0.3) is 5.89 Å². The topological polar surface area (TPSA) is 92.5 Å². The molecule has 1 amide bonds. The van der Waals surface area contributed by atoms with Gasteiger partial charge in [0.05, 0.1) is 27.9 Å². The summed E-state index contributed by atoms with van der Waals surface area (Å²) in [5.41, 5.74) is -3.98. The largest absolute Gasteiger partial charge is 0.446 e. The Morgan fingerprint density at radius 3 is 2.92 bits per heavy atom. The Morgan fingerprint density at radius 1 is 1.30 bits per heavy atom. The predicted octanol–water partition coefficient (Wildman–Crippen LogP) is 4.74. The minimum atomic E-state index is -4.55. The van der Waals surface area contributed by atoms with Crippen molar-refractivity contribution in [3.8, 4) is 10.7 Å². The van der Waals surface area contributed by atoms with Crippen molar-refractivity contribution in [1.29, 1.82) is 0 Å². The maximum atomic E-state index is 15.3. The van der Waals surface area contributed by atoms with Gasteiger partial charge in [-0.1, -0.05) is 17.3 Å². The highest BCUT2D eigenvalue weighted by molar-refractivity contribution is 8.00. The Balaban J connectivity index is 1.37. The summed E-state index contributed by atoms with van der Waals surface area (Å²) in [6.45, 7) is 0.0233. The zero-order valence-electron chi connectivity index (χ0n) is 19.5. The molecule has 0 aliphatic carbocycles. The second kappa shape index (κ2) is 9.40. The van der Waals surface area contributed by atoms with Gasteiger partial charge in [0, 0.05) is 22.4 Å². The van der Waals surface area contributed by atoms with Crippen LogP contribution in [0.3, 0.4) is 0 Å². The average molecular weight is 558 g/mol. The van der Waals surface area contributed by atoms with Crippen molar-refractivity contribution in [2.45, 2.75) is 60.0 Å². The number of thiophene rings is 1. The van der Waals surface area contributed by atoms with Gasteiger partial charge in [0.2, 0.25) is 11.7 Å². The van der Waals surface area contributed by atoms with Gasteiger partial charge in [0.1, 0.15) is 18.8 Å². The molecule has 3 aliphatic rings. The van der Waals surface area contributed by atoms with Crippen molar-refractivity contribution < 1.29 is 31.6 Å². The molecule has 2 aromatic heterocycles. The predicted molar refractivity (Wildman–Crippen MR) is 130 cm³/mol. The first kappa shape index (κ1) is 24.9. The van der Waals surface area contributed by atoms with E-state index in [0.29, 0.717) is 22.2 Å². The molecule has 0 radical (unpaired) electrons. The zero-order valence-corrected chi connectivity index (χ0v) is 21.2. The van der Waals surface area contributed by atoms with Crippen LogP contribution in [0.2, 0.25) is 0 Å². The molecule has 3 aliphatic heterocycles. The van der Waals surface area contributed by atoms with Crippen LogP contribution in [0.5, 0.6) is 0 Å². The molecule has 3 aromatic rings. The third-order valence-corrected chi connectivity index (χ3v) is 9.42. The van der Waals surface area contributed by atoms with Gasteiger partial charge in [-0.2, -0.15) is 18.2 Å². The number of nitrogens with one attached hydrogen (secondary N) is 2. The Bertz CT molecular complexity index is 1330. The molecule has 14 heteroatoms. The number of morpholine rings is 1. The molecule has 2 bridgehead atoms. The minimum Gasteiger partial charge on any atom is -0.378 e. The zero-order chi connectivity index (χ0) is 25.9. The van der Waals surface area contributed by atoms with E-state index >= 15 is 4.39 Å². The van der Waals surface area contributed by atoms with Gasteiger partial charge in [-0.25, -0.2) is 4.39 Å². The number of aromatic nitrogens is 2. The monoisotopic (exact) mass is 557 g/mol. The number of fused-ring (bicyclic) bond motifs is 3. The van der Waals surface area contributed by atoms with Gasteiger partial charge in [-0.05, 0) is 44.1 Å². The lowest BCUT2D eigenvalue weighted by Crippen LogP contribution is -2.53. The molecule has 2 N–H and O–H groups in total.